The summed E-state index contributed by atoms with van der Waals surface area (Å²) >= 11 is 3.44. The number of aryl methyl sites for hydroxylation is 1. The molecule has 0 radical (unpaired) electrons. The largest absolute Gasteiger partial charge is 0.350 e. The SMILES string of the molecule is Cc1cc(N2CC(C(=O)NC(C)C(=O)NC(C)(C)C)CC2=O)ccc1Br. The lowest BCUT2D eigenvalue weighted by molar-refractivity contribution is -0.131. The van der Waals surface area contributed by atoms with Gasteiger partial charge in [-0.25, -0.2) is 0 Å². The Kier molecular flexibility index (Phi) is 6.11. The van der Waals surface area contributed by atoms with Crippen LogP contribution in [0.25, 0.3) is 0 Å². The van der Waals surface area contributed by atoms with Crippen LogP contribution in [0.1, 0.15) is 39.7 Å². The van der Waals surface area contributed by atoms with Gasteiger partial charge in [0.1, 0.15) is 6.04 Å². The molecule has 0 aromatic heterocycles. The Morgan fingerprint density at radius 2 is 1.96 bits per heavy atom. The molecule has 6 nitrogen and oxygen atoms in total. The average molecular weight is 424 g/mol. The predicted octanol–water partition coefficient (Wildman–Crippen LogP) is 2.53. The topological polar surface area (TPSA) is 78.5 Å². The van der Waals surface area contributed by atoms with Gasteiger partial charge in [0, 0.05) is 28.7 Å². The smallest absolute Gasteiger partial charge is 0.242 e. The molecule has 0 spiro atoms. The second-order valence-corrected chi connectivity index (χ2v) is 8.66. The molecular weight excluding hydrogens is 398 g/mol. The number of anilines is 1. The number of amides is 3. The lowest BCUT2D eigenvalue weighted by atomic mass is 10.1. The zero-order valence-corrected chi connectivity index (χ0v) is 17.4. The lowest BCUT2D eigenvalue weighted by Gasteiger charge is -2.24. The molecule has 142 valence electrons. The molecule has 1 aromatic carbocycles. The first-order valence-electron chi connectivity index (χ1n) is 8.67. The van der Waals surface area contributed by atoms with Gasteiger partial charge in [-0.3, -0.25) is 14.4 Å². The maximum Gasteiger partial charge on any atom is 0.242 e. The van der Waals surface area contributed by atoms with Crippen LogP contribution in [0.15, 0.2) is 22.7 Å². The highest BCUT2D eigenvalue weighted by molar-refractivity contribution is 9.10. The molecule has 1 saturated heterocycles. The van der Waals surface area contributed by atoms with E-state index >= 15 is 0 Å². The van der Waals surface area contributed by atoms with Gasteiger partial charge in [0.2, 0.25) is 17.7 Å². The number of hydrogen-bond donors (Lipinski definition) is 2. The van der Waals surface area contributed by atoms with Crippen LogP contribution in [0.2, 0.25) is 0 Å². The fraction of sp³-hybridized carbons (Fsp3) is 0.526. The third kappa shape index (κ3) is 5.06. The predicted molar refractivity (Wildman–Crippen MR) is 105 cm³/mol. The summed E-state index contributed by atoms with van der Waals surface area (Å²) < 4.78 is 0.973. The van der Waals surface area contributed by atoms with Crippen LogP contribution < -0.4 is 15.5 Å². The molecule has 2 rings (SSSR count). The quantitative estimate of drug-likeness (QED) is 0.780. The van der Waals surface area contributed by atoms with E-state index in [1.807, 2.05) is 45.9 Å². The molecule has 0 bridgehead atoms. The number of halogens is 1. The summed E-state index contributed by atoms with van der Waals surface area (Å²) in [6.45, 7) is 9.56. The second kappa shape index (κ2) is 7.78. The third-order valence-electron chi connectivity index (χ3n) is 4.20. The van der Waals surface area contributed by atoms with Gasteiger partial charge in [0.25, 0.3) is 0 Å². The number of carbonyl (C=O) groups is 3. The van der Waals surface area contributed by atoms with E-state index in [0.29, 0.717) is 6.54 Å². The van der Waals surface area contributed by atoms with E-state index < -0.39 is 12.0 Å². The zero-order chi connectivity index (χ0) is 19.6. The Hall–Kier alpha value is -1.89. The molecule has 1 heterocycles. The molecule has 1 aromatic rings. The minimum Gasteiger partial charge on any atom is -0.350 e. The van der Waals surface area contributed by atoms with Gasteiger partial charge in [0.05, 0.1) is 5.92 Å². The summed E-state index contributed by atoms with van der Waals surface area (Å²) in [5.74, 6) is -1.06. The minimum absolute atomic E-state index is 0.0846. The van der Waals surface area contributed by atoms with Crippen molar-refractivity contribution in [1.29, 1.82) is 0 Å². The van der Waals surface area contributed by atoms with Crippen molar-refractivity contribution in [2.45, 2.75) is 52.6 Å². The Labute approximate surface area is 162 Å². The van der Waals surface area contributed by atoms with Crippen molar-refractivity contribution in [2.75, 3.05) is 11.4 Å². The fourth-order valence-electron chi connectivity index (χ4n) is 2.80. The monoisotopic (exact) mass is 423 g/mol. The van der Waals surface area contributed by atoms with Gasteiger partial charge in [0.15, 0.2) is 0 Å². The number of hydrogen-bond acceptors (Lipinski definition) is 3. The normalized spacial score (nSPS) is 18.6. The number of nitrogens with one attached hydrogen (secondary N) is 2. The standard InChI is InChI=1S/C19H26BrN3O3/c1-11-8-14(6-7-15(11)20)23-10-13(9-16(23)24)18(26)21-12(2)17(25)22-19(3,4)5/h6-8,12-13H,9-10H2,1-5H3,(H,21,26)(H,22,25). The zero-order valence-electron chi connectivity index (χ0n) is 15.9. The number of nitrogens with zero attached hydrogens (tertiary/aromatic N) is 1. The van der Waals surface area contributed by atoms with Crippen LogP contribution in [0.3, 0.4) is 0 Å². The molecule has 2 atom stereocenters. The van der Waals surface area contributed by atoms with Crippen molar-refractivity contribution in [3.8, 4) is 0 Å². The third-order valence-corrected chi connectivity index (χ3v) is 5.09. The molecule has 1 aliphatic heterocycles. The average Bonchev–Trinajstić information content (AvgIpc) is 2.90. The van der Waals surface area contributed by atoms with E-state index in [1.54, 1.807) is 11.8 Å². The van der Waals surface area contributed by atoms with E-state index in [2.05, 4.69) is 26.6 Å². The summed E-state index contributed by atoms with van der Waals surface area (Å²) in [6.07, 6.45) is 0.147. The van der Waals surface area contributed by atoms with Crippen LogP contribution in [0.5, 0.6) is 0 Å². The molecule has 0 saturated carbocycles. The molecule has 2 N–H and O–H groups in total. The maximum atomic E-state index is 12.5. The molecule has 1 fully saturated rings. The van der Waals surface area contributed by atoms with Crippen LogP contribution in [-0.4, -0.2) is 35.8 Å². The highest BCUT2D eigenvalue weighted by Crippen LogP contribution is 2.28. The summed E-state index contributed by atoms with van der Waals surface area (Å²) in [5.41, 5.74) is 1.44. The van der Waals surface area contributed by atoms with E-state index in [9.17, 15) is 14.4 Å². The van der Waals surface area contributed by atoms with E-state index in [-0.39, 0.29) is 29.7 Å². The van der Waals surface area contributed by atoms with Crippen LogP contribution in [0, 0.1) is 12.8 Å². The van der Waals surface area contributed by atoms with Crippen molar-refractivity contribution >= 4 is 39.3 Å². The highest BCUT2D eigenvalue weighted by atomic mass is 79.9. The van der Waals surface area contributed by atoms with E-state index in [4.69, 9.17) is 0 Å². The van der Waals surface area contributed by atoms with Gasteiger partial charge in [-0.2, -0.15) is 0 Å². The highest BCUT2D eigenvalue weighted by Gasteiger charge is 2.36. The minimum atomic E-state index is -0.652. The molecule has 3 amide bonds. The Balaban J connectivity index is 2.00. The van der Waals surface area contributed by atoms with E-state index in [0.717, 1.165) is 15.7 Å². The Bertz CT molecular complexity index is 727. The Morgan fingerprint density at radius 3 is 2.54 bits per heavy atom. The summed E-state index contributed by atoms with van der Waals surface area (Å²) in [4.78, 5) is 38.6. The van der Waals surface area contributed by atoms with Crippen molar-refractivity contribution in [3.05, 3.63) is 28.2 Å². The van der Waals surface area contributed by atoms with Crippen molar-refractivity contribution < 1.29 is 14.4 Å². The number of rotatable bonds is 4. The van der Waals surface area contributed by atoms with Crippen LogP contribution >= 0.6 is 15.9 Å². The van der Waals surface area contributed by atoms with Crippen LogP contribution in [-0.2, 0) is 14.4 Å². The first-order valence-corrected chi connectivity index (χ1v) is 9.46. The van der Waals surface area contributed by atoms with Gasteiger partial charge in [-0.05, 0) is 58.4 Å². The molecular formula is C19H26BrN3O3. The van der Waals surface area contributed by atoms with Crippen LogP contribution in [0.4, 0.5) is 5.69 Å². The molecule has 1 aliphatic rings. The maximum absolute atomic E-state index is 12.5. The van der Waals surface area contributed by atoms with Gasteiger partial charge >= 0.3 is 0 Å². The van der Waals surface area contributed by atoms with Gasteiger partial charge in [-0.1, -0.05) is 15.9 Å². The van der Waals surface area contributed by atoms with Gasteiger partial charge in [-0.15, -0.1) is 0 Å². The molecule has 0 aliphatic carbocycles. The first kappa shape index (κ1) is 20.4. The number of carbonyl (C=O) groups excluding carboxylic acids is 3. The van der Waals surface area contributed by atoms with E-state index in [1.165, 1.54) is 0 Å². The van der Waals surface area contributed by atoms with Crippen molar-refractivity contribution in [3.63, 3.8) is 0 Å². The van der Waals surface area contributed by atoms with Crippen molar-refractivity contribution in [2.24, 2.45) is 5.92 Å². The lowest BCUT2D eigenvalue weighted by Crippen LogP contribution is -2.52. The number of benzene rings is 1. The summed E-state index contributed by atoms with van der Waals surface area (Å²) in [7, 11) is 0. The molecule has 2 unspecified atom stereocenters. The Morgan fingerprint density at radius 1 is 1.31 bits per heavy atom. The second-order valence-electron chi connectivity index (χ2n) is 7.81. The van der Waals surface area contributed by atoms with Crippen molar-refractivity contribution in [1.82, 2.24) is 10.6 Å². The molecule has 7 heteroatoms. The first-order chi connectivity index (χ1) is 12.0. The summed E-state index contributed by atoms with van der Waals surface area (Å²) in [6, 6.07) is 5.02. The molecule has 26 heavy (non-hydrogen) atoms. The summed E-state index contributed by atoms with van der Waals surface area (Å²) in [5, 5.41) is 5.55. The fourth-order valence-corrected chi connectivity index (χ4v) is 3.05. The van der Waals surface area contributed by atoms with Gasteiger partial charge < -0.3 is 15.5 Å².